The Bertz CT molecular complexity index is 738. The van der Waals surface area contributed by atoms with Gasteiger partial charge in [-0.25, -0.2) is 0 Å². The molecule has 24 heavy (non-hydrogen) atoms. The summed E-state index contributed by atoms with van der Waals surface area (Å²) in [6, 6.07) is 8.55. The van der Waals surface area contributed by atoms with Crippen LogP contribution in [0.5, 0.6) is 0 Å². The van der Waals surface area contributed by atoms with Crippen molar-refractivity contribution in [1.82, 2.24) is 5.32 Å². The summed E-state index contributed by atoms with van der Waals surface area (Å²) in [5, 5.41) is 4.29. The van der Waals surface area contributed by atoms with E-state index in [0.29, 0.717) is 29.8 Å². The molecule has 3 rings (SSSR count). The summed E-state index contributed by atoms with van der Waals surface area (Å²) in [7, 11) is 0. The van der Waals surface area contributed by atoms with Gasteiger partial charge in [0.25, 0.3) is 5.91 Å². The highest BCUT2D eigenvalue weighted by atomic mass is 35.5. The van der Waals surface area contributed by atoms with Gasteiger partial charge in [-0.15, -0.1) is 0 Å². The van der Waals surface area contributed by atoms with Crippen molar-refractivity contribution in [2.75, 3.05) is 19.8 Å². The van der Waals surface area contributed by atoms with Crippen molar-refractivity contribution in [2.45, 2.75) is 18.3 Å². The highest BCUT2D eigenvalue weighted by Gasteiger charge is 2.36. The molecule has 2 heterocycles. The number of benzene rings is 1. The van der Waals surface area contributed by atoms with E-state index in [0.717, 1.165) is 18.4 Å². The van der Waals surface area contributed by atoms with Crippen LogP contribution in [0.15, 0.2) is 34.7 Å². The maximum atomic E-state index is 12.3. The van der Waals surface area contributed by atoms with Crippen LogP contribution in [0, 0.1) is 0 Å². The Kier molecular flexibility index (Phi) is 5.40. The quantitative estimate of drug-likeness (QED) is 0.824. The van der Waals surface area contributed by atoms with Crippen molar-refractivity contribution in [3.63, 3.8) is 0 Å². The van der Waals surface area contributed by atoms with Gasteiger partial charge < -0.3 is 14.5 Å². The molecule has 0 spiro atoms. The molecule has 1 aliphatic rings. The monoisotopic (exact) mass is 387 g/mol. The third-order valence-corrected chi connectivity index (χ3v) is 5.09. The number of furan rings is 1. The van der Waals surface area contributed by atoms with Crippen molar-refractivity contribution < 1.29 is 13.9 Å². The molecule has 0 radical (unpaired) electrons. The highest BCUT2D eigenvalue weighted by molar-refractivity contribution is 6.35. The fourth-order valence-corrected chi connectivity index (χ4v) is 3.75. The second-order valence-corrected chi connectivity index (χ2v) is 7.02. The maximum Gasteiger partial charge on any atom is 0.287 e. The van der Waals surface area contributed by atoms with E-state index in [1.54, 1.807) is 12.1 Å². The number of hydrogen-bond donors (Lipinski definition) is 1. The fraction of sp³-hybridized carbons (Fsp3) is 0.353. The zero-order valence-corrected chi connectivity index (χ0v) is 15.0. The Morgan fingerprint density at radius 1 is 1.12 bits per heavy atom. The van der Waals surface area contributed by atoms with Gasteiger partial charge in [0.2, 0.25) is 0 Å². The number of amides is 1. The standard InChI is InChI=1S/C17H16Cl3NO3/c18-11-1-2-12(13(19)9-11)17(5-7-23-8-6-17)10-21-16(22)14-3-4-15(20)24-14/h1-4,9H,5-8,10H2,(H,21,22). The fourth-order valence-electron chi connectivity index (χ4n) is 3.00. The minimum Gasteiger partial charge on any atom is -0.440 e. The zero-order chi connectivity index (χ0) is 17.2. The predicted octanol–water partition coefficient (Wildman–Crippen LogP) is 4.72. The van der Waals surface area contributed by atoms with Crippen LogP contribution in [0.2, 0.25) is 15.3 Å². The minimum absolute atomic E-state index is 0.182. The van der Waals surface area contributed by atoms with Gasteiger partial charge in [0.15, 0.2) is 11.0 Å². The molecular formula is C17H16Cl3NO3. The number of carbonyl (C=O) groups excluding carboxylic acids is 1. The van der Waals surface area contributed by atoms with Gasteiger partial charge in [-0.05, 0) is 54.3 Å². The largest absolute Gasteiger partial charge is 0.440 e. The summed E-state index contributed by atoms with van der Waals surface area (Å²) in [5.74, 6) is -0.123. The Hall–Kier alpha value is -1.20. The van der Waals surface area contributed by atoms with E-state index in [1.165, 1.54) is 6.07 Å². The molecule has 0 bridgehead atoms. The van der Waals surface area contributed by atoms with Crippen LogP contribution < -0.4 is 5.32 Å². The summed E-state index contributed by atoms with van der Waals surface area (Å²) in [6.07, 6.45) is 1.51. The number of ether oxygens (including phenoxy) is 1. The summed E-state index contributed by atoms with van der Waals surface area (Å²) >= 11 is 18.1. The van der Waals surface area contributed by atoms with Gasteiger partial charge in [-0.2, -0.15) is 0 Å². The van der Waals surface area contributed by atoms with Gasteiger partial charge in [-0.3, -0.25) is 4.79 Å². The third-order valence-electron chi connectivity index (χ3n) is 4.34. The van der Waals surface area contributed by atoms with E-state index in [1.807, 2.05) is 12.1 Å². The van der Waals surface area contributed by atoms with Crippen molar-refractivity contribution >= 4 is 40.7 Å². The number of halogens is 3. The van der Waals surface area contributed by atoms with Crippen molar-refractivity contribution in [2.24, 2.45) is 0 Å². The highest BCUT2D eigenvalue weighted by Crippen LogP contribution is 2.39. The number of hydrogen-bond acceptors (Lipinski definition) is 3. The Morgan fingerprint density at radius 3 is 2.50 bits per heavy atom. The molecule has 1 aromatic heterocycles. The minimum atomic E-state index is -0.308. The maximum absolute atomic E-state index is 12.3. The summed E-state index contributed by atoms with van der Waals surface area (Å²) < 4.78 is 10.6. The Balaban J connectivity index is 1.82. The third kappa shape index (κ3) is 3.72. The SMILES string of the molecule is O=C(NCC1(c2ccc(Cl)cc2Cl)CCOCC1)c1ccc(Cl)o1. The lowest BCUT2D eigenvalue weighted by Crippen LogP contribution is -2.44. The van der Waals surface area contributed by atoms with Crippen LogP contribution in [0.3, 0.4) is 0 Å². The van der Waals surface area contributed by atoms with Crippen LogP contribution in [0.4, 0.5) is 0 Å². The summed E-state index contributed by atoms with van der Waals surface area (Å²) in [6.45, 7) is 1.65. The molecule has 0 unspecified atom stereocenters. The summed E-state index contributed by atoms with van der Waals surface area (Å²) in [5.41, 5.74) is 0.668. The molecule has 7 heteroatoms. The van der Waals surface area contributed by atoms with Gasteiger partial charge >= 0.3 is 0 Å². The average molecular weight is 389 g/mol. The Morgan fingerprint density at radius 2 is 1.88 bits per heavy atom. The molecule has 1 aliphatic heterocycles. The number of carbonyl (C=O) groups is 1. The first-order chi connectivity index (χ1) is 11.5. The van der Waals surface area contributed by atoms with Crippen molar-refractivity contribution in [1.29, 1.82) is 0 Å². The van der Waals surface area contributed by atoms with E-state index in [4.69, 9.17) is 44.0 Å². The number of rotatable bonds is 4. The van der Waals surface area contributed by atoms with Crippen LogP contribution in [-0.2, 0) is 10.2 Å². The van der Waals surface area contributed by atoms with E-state index in [-0.39, 0.29) is 22.3 Å². The van der Waals surface area contributed by atoms with Gasteiger partial charge in [0, 0.05) is 35.2 Å². The lowest BCUT2D eigenvalue weighted by atomic mass is 9.74. The molecular weight excluding hydrogens is 373 g/mol. The molecule has 1 aromatic carbocycles. The molecule has 0 aliphatic carbocycles. The van der Waals surface area contributed by atoms with Gasteiger partial charge in [-0.1, -0.05) is 29.3 Å². The second kappa shape index (κ2) is 7.36. The molecule has 1 saturated heterocycles. The first kappa shape index (κ1) is 17.6. The Labute approximate surface area is 155 Å². The van der Waals surface area contributed by atoms with Crippen molar-refractivity contribution in [3.05, 3.63) is 56.9 Å². The molecule has 1 N–H and O–H groups in total. The molecule has 1 amide bonds. The normalized spacial score (nSPS) is 16.8. The second-order valence-electron chi connectivity index (χ2n) is 5.80. The molecule has 4 nitrogen and oxygen atoms in total. The van der Waals surface area contributed by atoms with Gasteiger partial charge in [0.1, 0.15) is 0 Å². The van der Waals surface area contributed by atoms with E-state index >= 15 is 0 Å². The molecule has 128 valence electrons. The van der Waals surface area contributed by atoms with Crippen LogP contribution >= 0.6 is 34.8 Å². The van der Waals surface area contributed by atoms with Crippen LogP contribution in [-0.4, -0.2) is 25.7 Å². The van der Waals surface area contributed by atoms with E-state index in [9.17, 15) is 4.79 Å². The lowest BCUT2D eigenvalue weighted by Gasteiger charge is -2.38. The van der Waals surface area contributed by atoms with Crippen LogP contribution in [0.1, 0.15) is 29.0 Å². The summed E-state index contributed by atoms with van der Waals surface area (Å²) in [4.78, 5) is 12.3. The molecule has 0 atom stereocenters. The lowest BCUT2D eigenvalue weighted by molar-refractivity contribution is 0.0485. The van der Waals surface area contributed by atoms with E-state index < -0.39 is 0 Å². The first-order valence-corrected chi connectivity index (χ1v) is 8.70. The average Bonchev–Trinajstić information content (AvgIpc) is 3.00. The van der Waals surface area contributed by atoms with E-state index in [2.05, 4.69) is 5.32 Å². The van der Waals surface area contributed by atoms with Gasteiger partial charge in [0.05, 0.1) is 0 Å². The topological polar surface area (TPSA) is 51.5 Å². The first-order valence-electron chi connectivity index (χ1n) is 7.57. The number of nitrogens with one attached hydrogen (secondary N) is 1. The smallest absolute Gasteiger partial charge is 0.287 e. The molecule has 1 fully saturated rings. The molecule has 2 aromatic rings. The zero-order valence-electron chi connectivity index (χ0n) is 12.8. The predicted molar refractivity (Wildman–Crippen MR) is 94.2 cm³/mol. The van der Waals surface area contributed by atoms with Crippen molar-refractivity contribution in [3.8, 4) is 0 Å². The molecule has 0 saturated carbocycles. The van der Waals surface area contributed by atoms with Crippen LogP contribution in [0.25, 0.3) is 0 Å².